The van der Waals surface area contributed by atoms with Crippen LogP contribution in [0.5, 0.6) is 0 Å². The van der Waals surface area contributed by atoms with Gasteiger partial charge in [0.25, 0.3) is 0 Å². The smallest absolute Gasteiger partial charge is 0.336 e. The van der Waals surface area contributed by atoms with Crippen LogP contribution in [-0.4, -0.2) is 31.1 Å². The van der Waals surface area contributed by atoms with Gasteiger partial charge in [0.1, 0.15) is 6.61 Å². The van der Waals surface area contributed by atoms with Crippen LogP contribution >= 0.6 is 11.3 Å². The SMILES string of the molecule is CC1=C(C(=O)OCC2CCCO2)C(c2ccc(C)s2)C2=C(CC(C)(C)CC2=O)N1. The maximum absolute atomic E-state index is 13.2. The summed E-state index contributed by atoms with van der Waals surface area (Å²) in [4.78, 5) is 28.5. The van der Waals surface area contributed by atoms with Gasteiger partial charge in [0.15, 0.2) is 5.78 Å². The lowest BCUT2D eigenvalue weighted by molar-refractivity contribution is -0.142. The van der Waals surface area contributed by atoms with E-state index in [0.29, 0.717) is 12.0 Å². The van der Waals surface area contributed by atoms with E-state index in [1.807, 2.05) is 26.0 Å². The van der Waals surface area contributed by atoms with E-state index in [4.69, 9.17) is 9.47 Å². The Labute approximate surface area is 176 Å². The van der Waals surface area contributed by atoms with Crippen molar-refractivity contribution in [2.75, 3.05) is 13.2 Å². The maximum Gasteiger partial charge on any atom is 0.336 e. The summed E-state index contributed by atoms with van der Waals surface area (Å²) in [6.45, 7) is 9.17. The van der Waals surface area contributed by atoms with Crippen molar-refractivity contribution in [3.63, 3.8) is 0 Å². The number of dihydropyridines is 1. The molecule has 3 aliphatic rings. The highest BCUT2D eigenvalue weighted by Crippen LogP contribution is 2.48. The quantitative estimate of drug-likeness (QED) is 0.739. The van der Waals surface area contributed by atoms with E-state index in [1.54, 1.807) is 11.3 Å². The van der Waals surface area contributed by atoms with Gasteiger partial charge in [0, 0.05) is 39.7 Å². The largest absolute Gasteiger partial charge is 0.459 e. The normalized spacial score (nSPS) is 26.4. The Hall–Kier alpha value is -1.92. The van der Waals surface area contributed by atoms with Crippen molar-refractivity contribution in [2.45, 2.75) is 65.4 Å². The predicted molar refractivity (Wildman–Crippen MR) is 113 cm³/mol. The number of carbonyl (C=O) groups is 2. The fraction of sp³-hybridized carbons (Fsp3) is 0.565. The van der Waals surface area contributed by atoms with Crippen LogP contribution in [0.1, 0.15) is 62.1 Å². The molecule has 0 saturated carbocycles. The molecule has 0 bridgehead atoms. The third kappa shape index (κ3) is 4.05. The molecule has 1 fully saturated rings. The molecule has 156 valence electrons. The minimum atomic E-state index is -0.356. The highest BCUT2D eigenvalue weighted by atomic mass is 32.1. The second kappa shape index (κ2) is 7.73. The summed E-state index contributed by atoms with van der Waals surface area (Å²) in [7, 11) is 0. The van der Waals surface area contributed by atoms with Gasteiger partial charge in [-0.1, -0.05) is 13.8 Å². The number of aryl methyl sites for hydroxylation is 1. The second-order valence-corrected chi connectivity index (χ2v) is 10.4. The molecule has 2 atom stereocenters. The monoisotopic (exact) mass is 415 g/mol. The van der Waals surface area contributed by atoms with Gasteiger partial charge in [0.2, 0.25) is 0 Å². The Morgan fingerprint density at radius 3 is 2.76 bits per heavy atom. The van der Waals surface area contributed by atoms with Crippen LogP contribution in [-0.2, 0) is 19.1 Å². The summed E-state index contributed by atoms with van der Waals surface area (Å²) in [5.74, 6) is -0.590. The summed E-state index contributed by atoms with van der Waals surface area (Å²) in [5.41, 5.74) is 2.94. The molecule has 1 aromatic rings. The fourth-order valence-corrected chi connectivity index (χ4v) is 5.62. The number of allylic oxidation sites excluding steroid dienone is 3. The lowest BCUT2D eigenvalue weighted by Gasteiger charge is -2.39. The zero-order valence-electron chi connectivity index (χ0n) is 17.6. The van der Waals surface area contributed by atoms with Crippen LogP contribution in [0.4, 0.5) is 0 Å². The molecule has 5 nitrogen and oxygen atoms in total. The van der Waals surface area contributed by atoms with Gasteiger partial charge < -0.3 is 14.8 Å². The molecule has 0 spiro atoms. The Kier molecular flexibility index (Phi) is 5.42. The van der Waals surface area contributed by atoms with E-state index >= 15 is 0 Å². The van der Waals surface area contributed by atoms with Gasteiger partial charge in [0.05, 0.1) is 17.6 Å². The zero-order valence-corrected chi connectivity index (χ0v) is 18.4. The number of hydrogen-bond donors (Lipinski definition) is 1. The number of ketones is 1. The molecular weight excluding hydrogens is 386 g/mol. The van der Waals surface area contributed by atoms with Gasteiger partial charge in [-0.2, -0.15) is 0 Å². The summed E-state index contributed by atoms with van der Waals surface area (Å²) in [6.07, 6.45) is 3.19. The minimum Gasteiger partial charge on any atom is -0.459 e. The first-order valence-corrected chi connectivity index (χ1v) is 11.2. The zero-order chi connectivity index (χ0) is 20.8. The first-order valence-electron chi connectivity index (χ1n) is 10.3. The standard InChI is InChI=1S/C23H29NO4S/c1-13-7-8-18(29-13)21-19(22(26)28-12-15-6-5-9-27-15)14(2)24-16-10-23(3,4)11-17(25)20(16)21/h7-8,15,21,24H,5-6,9-12H2,1-4H3. The first kappa shape index (κ1) is 20.4. The molecule has 6 heteroatoms. The Morgan fingerprint density at radius 2 is 2.10 bits per heavy atom. The number of nitrogens with one attached hydrogen (secondary N) is 1. The van der Waals surface area contributed by atoms with Gasteiger partial charge in [-0.25, -0.2) is 4.79 Å². The lowest BCUT2D eigenvalue weighted by Crippen LogP contribution is -2.38. The Balaban J connectivity index is 1.69. The van der Waals surface area contributed by atoms with Crippen LogP contribution in [0.3, 0.4) is 0 Å². The van der Waals surface area contributed by atoms with Crippen LogP contribution in [0.15, 0.2) is 34.7 Å². The van der Waals surface area contributed by atoms with Crippen LogP contribution < -0.4 is 5.32 Å². The number of ether oxygens (including phenoxy) is 2. The van der Waals surface area contributed by atoms with E-state index in [2.05, 4.69) is 19.2 Å². The van der Waals surface area contributed by atoms with Crippen molar-refractivity contribution in [1.29, 1.82) is 0 Å². The topological polar surface area (TPSA) is 64.6 Å². The number of carbonyl (C=O) groups excluding carboxylic acids is 2. The van der Waals surface area contributed by atoms with Gasteiger partial charge in [-0.15, -0.1) is 11.3 Å². The van der Waals surface area contributed by atoms with Crippen molar-refractivity contribution in [1.82, 2.24) is 5.32 Å². The van der Waals surface area contributed by atoms with Crippen LogP contribution in [0.2, 0.25) is 0 Å². The highest BCUT2D eigenvalue weighted by molar-refractivity contribution is 7.12. The predicted octanol–water partition coefficient (Wildman–Crippen LogP) is 4.38. The number of thiophene rings is 1. The Bertz CT molecular complexity index is 902. The number of hydrogen-bond acceptors (Lipinski definition) is 6. The fourth-order valence-electron chi connectivity index (χ4n) is 4.62. The molecule has 0 aromatic carbocycles. The summed E-state index contributed by atoms with van der Waals surface area (Å²) in [5, 5.41) is 3.38. The molecule has 4 rings (SSSR count). The summed E-state index contributed by atoms with van der Waals surface area (Å²) < 4.78 is 11.2. The molecule has 29 heavy (non-hydrogen) atoms. The molecule has 1 N–H and O–H groups in total. The van der Waals surface area contributed by atoms with E-state index in [1.165, 1.54) is 0 Å². The molecule has 1 aliphatic carbocycles. The molecule has 1 saturated heterocycles. The van der Waals surface area contributed by atoms with Crippen molar-refractivity contribution in [3.8, 4) is 0 Å². The molecule has 2 unspecified atom stereocenters. The molecule has 0 radical (unpaired) electrons. The number of rotatable bonds is 4. The highest BCUT2D eigenvalue weighted by Gasteiger charge is 2.43. The van der Waals surface area contributed by atoms with Crippen molar-refractivity contribution in [2.24, 2.45) is 5.41 Å². The molecule has 1 aromatic heterocycles. The van der Waals surface area contributed by atoms with Crippen LogP contribution in [0.25, 0.3) is 0 Å². The molecule has 2 aliphatic heterocycles. The van der Waals surface area contributed by atoms with E-state index < -0.39 is 0 Å². The van der Waals surface area contributed by atoms with Crippen molar-refractivity contribution in [3.05, 3.63) is 44.4 Å². The maximum atomic E-state index is 13.2. The first-order chi connectivity index (χ1) is 13.7. The van der Waals surface area contributed by atoms with E-state index in [9.17, 15) is 9.59 Å². The van der Waals surface area contributed by atoms with E-state index in [0.717, 1.165) is 52.6 Å². The van der Waals surface area contributed by atoms with E-state index in [-0.39, 0.29) is 35.8 Å². The summed E-state index contributed by atoms with van der Waals surface area (Å²) in [6, 6.07) is 4.08. The summed E-state index contributed by atoms with van der Waals surface area (Å²) >= 11 is 1.64. The van der Waals surface area contributed by atoms with Crippen molar-refractivity contribution >= 4 is 23.1 Å². The molecule has 3 heterocycles. The van der Waals surface area contributed by atoms with Crippen LogP contribution in [0, 0.1) is 12.3 Å². The van der Waals surface area contributed by atoms with Gasteiger partial charge in [-0.05, 0) is 50.7 Å². The van der Waals surface area contributed by atoms with Gasteiger partial charge in [-0.3, -0.25) is 4.79 Å². The number of esters is 1. The Morgan fingerprint density at radius 1 is 1.31 bits per heavy atom. The average Bonchev–Trinajstić information content (AvgIpc) is 3.28. The number of Topliss-reactive ketones (excluding diaryl/α,β-unsaturated/α-hetero) is 1. The molecule has 0 amide bonds. The second-order valence-electron chi connectivity index (χ2n) is 9.11. The minimum absolute atomic E-state index is 0.0225. The lowest BCUT2D eigenvalue weighted by atomic mass is 9.70. The third-order valence-electron chi connectivity index (χ3n) is 5.93. The molecular formula is C23H29NO4S. The van der Waals surface area contributed by atoms with Crippen molar-refractivity contribution < 1.29 is 19.1 Å². The van der Waals surface area contributed by atoms with Gasteiger partial charge >= 0.3 is 5.97 Å². The average molecular weight is 416 g/mol. The third-order valence-corrected chi connectivity index (χ3v) is 7.00.